The zero-order chi connectivity index (χ0) is 22.2. The highest BCUT2D eigenvalue weighted by Crippen LogP contribution is 2.26. The van der Waals surface area contributed by atoms with Crippen LogP contribution in [0.2, 0.25) is 0 Å². The van der Waals surface area contributed by atoms with Gasteiger partial charge in [0.1, 0.15) is 5.75 Å². The van der Waals surface area contributed by atoms with Gasteiger partial charge in [0.2, 0.25) is 0 Å². The van der Waals surface area contributed by atoms with E-state index in [-0.39, 0.29) is 24.0 Å². The molecule has 1 saturated heterocycles. The molecule has 0 amide bonds. The molecule has 4 rings (SSSR count). The number of halogens is 1. The van der Waals surface area contributed by atoms with Crippen LogP contribution in [0.4, 0.5) is 0 Å². The summed E-state index contributed by atoms with van der Waals surface area (Å²) in [5.74, 6) is 1.71. The van der Waals surface area contributed by atoms with Crippen molar-refractivity contribution in [2.75, 3.05) is 33.3 Å². The van der Waals surface area contributed by atoms with Crippen LogP contribution in [0, 0.1) is 0 Å². The lowest BCUT2D eigenvalue weighted by Gasteiger charge is -2.29. The van der Waals surface area contributed by atoms with Gasteiger partial charge in [-0.1, -0.05) is 36.4 Å². The topological polar surface area (TPSA) is 61.8 Å². The number of ether oxygens (including phenoxy) is 1. The van der Waals surface area contributed by atoms with Crippen LogP contribution in [-0.4, -0.2) is 49.1 Å². The molecule has 2 aromatic carbocycles. The summed E-state index contributed by atoms with van der Waals surface area (Å²) in [5, 5.41) is 9.32. The van der Waals surface area contributed by atoms with Crippen molar-refractivity contribution in [2.45, 2.75) is 32.4 Å². The van der Waals surface area contributed by atoms with Gasteiger partial charge in [-0.3, -0.25) is 9.88 Å². The van der Waals surface area contributed by atoms with E-state index in [1.807, 2.05) is 24.4 Å². The zero-order valence-electron chi connectivity index (χ0n) is 19.5. The Morgan fingerprint density at radius 3 is 2.55 bits per heavy atom. The van der Waals surface area contributed by atoms with Crippen LogP contribution < -0.4 is 15.4 Å². The molecule has 3 aromatic rings. The largest absolute Gasteiger partial charge is 0.497 e. The Bertz CT molecular complexity index is 1030. The summed E-state index contributed by atoms with van der Waals surface area (Å²) in [7, 11) is 1.71. The van der Waals surface area contributed by atoms with Crippen molar-refractivity contribution in [3.8, 4) is 5.75 Å². The van der Waals surface area contributed by atoms with Crippen molar-refractivity contribution in [2.24, 2.45) is 4.99 Å². The van der Waals surface area contributed by atoms with Gasteiger partial charge < -0.3 is 15.4 Å². The number of guanidine groups is 1. The maximum absolute atomic E-state index is 5.34. The third kappa shape index (κ3) is 6.57. The number of hydrogen-bond acceptors (Lipinski definition) is 4. The Morgan fingerprint density at radius 2 is 1.82 bits per heavy atom. The molecular weight excluding hydrogens is 525 g/mol. The van der Waals surface area contributed by atoms with Crippen molar-refractivity contribution in [1.82, 2.24) is 20.5 Å². The Hall–Kier alpha value is -2.39. The third-order valence-corrected chi connectivity index (χ3v) is 6.03. The SMILES string of the molecule is CCNC(=NCc1nccc2ccccc12)NCC(c1ccc(OC)cc1)N1CCCC1.I. The van der Waals surface area contributed by atoms with Crippen LogP contribution in [0.15, 0.2) is 65.8 Å². The van der Waals surface area contributed by atoms with Gasteiger partial charge in [-0.05, 0) is 62.0 Å². The van der Waals surface area contributed by atoms with Crippen molar-refractivity contribution >= 4 is 40.7 Å². The number of aliphatic imine (C=N–C) groups is 1. The summed E-state index contributed by atoms with van der Waals surface area (Å²) in [6, 6.07) is 19.1. The lowest BCUT2D eigenvalue weighted by atomic mass is 10.1. The molecule has 1 aliphatic rings. The Kier molecular flexibility index (Phi) is 9.75. The van der Waals surface area contributed by atoms with Crippen molar-refractivity contribution in [3.63, 3.8) is 0 Å². The molecule has 0 saturated carbocycles. The summed E-state index contributed by atoms with van der Waals surface area (Å²) < 4.78 is 5.34. The summed E-state index contributed by atoms with van der Waals surface area (Å²) in [6.07, 6.45) is 4.38. The average Bonchev–Trinajstić information content (AvgIpc) is 3.37. The average molecular weight is 559 g/mol. The lowest BCUT2D eigenvalue weighted by molar-refractivity contribution is 0.245. The number of nitrogens with one attached hydrogen (secondary N) is 2. The molecule has 0 aliphatic carbocycles. The molecule has 1 unspecified atom stereocenters. The van der Waals surface area contributed by atoms with E-state index >= 15 is 0 Å². The number of hydrogen-bond donors (Lipinski definition) is 2. The minimum absolute atomic E-state index is 0. The molecule has 176 valence electrons. The lowest BCUT2D eigenvalue weighted by Crippen LogP contribution is -2.42. The van der Waals surface area contributed by atoms with Gasteiger partial charge >= 0.3 is 0 Å². The monoisotopic (exact) mass is 559 g/mol. The summed E-state index contributed by atoms with van der Waals surface area (Å²) in [6.45, 7) is 6.49. The number of likely N-dealkylation sites (tertiary alicyclic amines) is 1. The van der Waals surface area contributed by atoms with E-state index in [1.165, 1.54) is 23.8 Å². The molecule has 33 heavy (non-hydrogen) atoms. The quantitative estimate of drug-likeness (QED) is 0.237. The van der Waals surface area contributed by atoms with Gasteiger partial charge in [-0.15, -0.1) is 24.0 Å². The number of fused-ring (bicyclic) bond motifs is 1. The maximum atomic E-state index is 5.34. The fraction of sp³-hybridized carbons (Fsp3) is 0.385. The molecule has 2 heterocycles. The summed E-state index contributed by atoms with van der Waals surface area (Å²) in [4.78, 5) is 12.0. The second-order valence-electron chi connectivity index (χ2n) is 8.09. The normalized spacial score (nSPS) is 15.2. The smallest absolute Gasteiger partial charge is 0.191 e. The first-order chi connectivity index (χ1) is 15.8. The standard InChI is InChI=1S/C26H33N5O.HI/c1-3-27-26(29-18-24-23-9-5-4-8-20(23)14-15-28-24)30-19-25(31-16-6-7-17-31)21-10-12-22(32-2)13-11-21;/h4-5,8-15,25H,3,6-7,16-19H2,1-2H3,(H2,27,29,30);1H. The molecule has 0 radical (unpaired) electrons. The van der Waals surface area contributed by atoms with Crippen LogP contribution in [0.25, 0.3) is 10.8 Å². The number of nitrogens with zero attached hydrogens (tertiary/aromatic N) is 3. The molecule has 7 heteroatoms. The summed E-state index contributed by atoms with van der Waals surface area (Å²) >= 11 is 0. The van der Waals surface area contributed by atoms with Crippen LogP contribution in [0.1, 0.15) is 37.1 Å². The van der Waals surface area contributed by atoms with Gasteiger partial charge in [-0.25, -0.2) is 4.99 Å². The highest BCUT2D eigenvalue weighted by Gasteiger charge is 2.23. The van der Waals surface area contributed by atoms with Crippen molar-refractivity contribution < 1.29 is 4.74 Å². The first-order valence-corrected chi connectivity index (χ1v) is 11.5. The van der Waals surface area contributed by atoms with E-state index in [0.29, 0.717) is 12.6 Å². The molecule has 1 aliphatic heterocycles. The van der Waals surface area contributed by atoms with Gasteiger partial charge in [0, 0.05) is 24.7 Å². The maximum Gasteiger partial charge on any atom is 0.191 e. The van der Waals surface area contributed by atoms with E-state index in [9.17, 15) is 0 Å². The van der Waals surface area contributed by atoms with Gasteiger partial charge in [0.25, 0.3) is 0 Å². The minimum Gasteiger partial charge on any atom is -0.497 e. The molecular formula is C26H34IN5O. The fourth-order valence-electron chi connectivity index (χ4n) is 4.33. The number of rotatable bonds is 8. The Morgan fingerprint density at radius 1 is 1.06 bits per heavy atom. The van der Waals surface area contributed by atoms with E-state index in [0.717, 1.165) is 49.0 Å². The molecule has 0 bridgehead atoms. The zero-order valence-corrected chi connectivity index (χ0v) is 21.8. The number of pyridine rings is 1. The predicted molar refractivity (Wildman–Crippen MR) is 147 cm³/mol. The summed E-state index contributed by atoms with van der Waals surface area (Å²) in [5.41, 5.74) is 2.29. The first-order valence-electron chi connectivity index (χ1n) is 11.5. The van der Waals surface area contributed by atoms with Gasteiger partial charge in [0.05, 0.1) is 25.4 Å². The van der Waals surface area contributed by atoms with E-state index in [4.69, 9.17) is 9.73 Å². The Labute approximate surface area is 213 Å². The molecule has 1 fully saturated rings. The van der Waals surface area contributed by atoms with Crippen LogP contribution in [0.5, 0.6) is 5.75 Å². The predicted octanol–water partition coefficient (Wildman–Crippen LogP) is 4.75. The molecule has 1 aromatic heterocycles. The molecule has 0 spiro atoms. The van der Waals surface area contributed by atoms with Gasteiger partial charge in [0.15, 0.2) is 5.96 Å². The molecule has 6 nitrogen and oxygen atoms in total. The second-order valence-corrected chi connectivity index (χ2v) is 8.09. The van der Waals surface area contributed by atoms with Crippen molar-refractivity contribution in [1.29, 1.82) is 0 Å². The van der Waals surface area contributed by atoms with Crippen LogP contribution in [-0.2, 0) is 6.54 Å². The van der Waals surface area contributed by atoms with E-state index in [2.05, 4.69) is 63.8 Å². The van der Waals surface area contributed by atoms with E-state index in [1.54, 1.807) is 7.11 Å². The fourth-order valence-corrected chi connectivity index (χ4v) is 4.33. The van der Waals surface area contributed by atoms with Crippen LogP contribution in [0.3, 0.4) is 0 Å². The highest BCUT2D eigenvalue weighted by molar-refractivity contribution is 14.0. The first kappa shape index (κ1) is 25.2. The Balaban J connectivity index is 0.00000306. The number of methoxy groups -OCH3 is 1. The highest BCUT2D eigenvalue weighted by atomic mass is 127. The third-order valence-electron chi connectivity index (χ3n) is 6.03. The van der Waals surface area contributed by atoms with Crippen LogP contribution >= 0.6 is 24.0 Å². The number of aromatic nitrogens is 1. The van der Waals surface area contributed by atoms with Gasteiger partial charge in [-0.2, -0.15) is 0 Å². The molecule has 2 N–H and O–H groups in total. The molecule has 1 atom stereocenters. The van der Waals surface area contributed by atoms with E-state index < -0.39 is 0 Å². The van der Waals surface area contributed by atoms with Crippen molar-refractivity contribution in [3.05, 3.63) is 72.1 Å². The number of benzene rings is 2. The minimum atomic E-state index is 0. The second kappa shape index (κ2) is 12.7.